The van der Waals surface area contributed by atoms with Gasteiger partial charge in [0, 0.05) is 33.4 Å². The molecule has 0 fully saturated rings. The normalized spacial score (nSPS) is 10.2. The van der Waals surface area contributed by atoms with Crippen molar-refractivity contribution in [3.8, 4) is 45.9 Å². The van der Waals surface area contributed by atoms with Gasteiger partial charge >= 0.3 is 0 Å². The van der Waals surface area contributed by atoms with E-state index in [0.717, 1.165) is 44.5 Å². The Morgan fingerprint density at radius 1 is 0.289 bits per heavy atom. The highest BCUT2D eigenvalue weighted by Crippen LogP contribution is 2.41. The SMILES string of the molecule is C(#Cc1c(C#Cc2ccccc2)c(-c2ccccc2)c2ccccc2c1-c1ccccc1)c1ccccc1. The van der Waals surface area contributed by atoms with E-state index < -0.39 is 0 Å². The molecule has 0 saturated carbocycles. The molecule has 0 unspecified atom stereocenters. The molecule has 176 valence electrons. The second-order valence-electron chi connectivity index (χ2n) is 9.01. The first-order chi connectivity index (χ1) is 18.9. The summed E-state index contributed by atoms with van der Waals surface area (Å²) in [6.07, 6.45) is 0. The van der Waals surface area contributed by atoms with Crippen LogP contribution in [0.5, 0.6) is 0 Å². The minimum absolute atomic E-state index is 0.945. The summed E-state index contributed by atoms with van der Waals surface area (Å²) in [6.45, 7) is 0. The third kappa shape index (κ3) is 4.73. The molecular formula is C38H24. The van der Waals surface area contributed by atoms with Crippen molar-refractivity contribution in [1.29, 1.82) is 0 Å². The smallest absolute Gasteiger partial charge is 0.0496 e. The van der Waals surface area contributed by atoms with Crippen molar-refractivity contribution in [3.63, 3.8) is 0 Å². The topological polar surface area (TPSA) is 0 Å². The van der Waals surface area contributed by atoms with Crippen LogP contribution >= 0.6 is 0 Å². The lowest BCUT2D eigenvalue weighted by atomic mass is 9.83. The molecule has 0 heterocycles. The van der Waals surface area contributed by atoms with Crippen molar-refractivity contribution < 1.29 is 0 Å². The summed E-state index contributed by atoms with van der Waals surface area (Å²) in [5, 5.41) is 2.33. The molecule has 38 heavy (non-hydrogen) atoms. The Morgan fingerprint density at radius 2 is 0.605 bits per heavy atom. The minimum atomic E-state index is 0.945. The van der Waals surface area contributed by atoms with Gasteiger partial charge in [0.05, 0.1) is 0 Å². The second-order valence-corrected chi connectivity index (χ2v) is 9.01. The van der Waals surface area contributed by atoms with Crippen LogP contribution in [-0.2, 0) is 0 Å². The Morgan fingerprint density at radius 3 is 0.974 bits per heavy atom. The van der Waals surface area contributed by atoms with Crippen molar-refractivity contribution in [2.24, 2.45) is 0 Å². The van der Waals surface area contributed by atoms with E-state index in [1.165, 1.54) is 10.8 Å². The monoisotopic (exact) mass is 480 g/mol. The van der Waals surface area contributed by atoms with Crippen molar-refractivity contribution in [2.75, 3.05) is 0 Å². The van der Waals surface area contributed by atoms with E-state index in [1.54, 1.807) is 0 Å². The van der Waals surface area contributed by atoms with E-state index in [4.69, 9.17) is 0 Å². The Bertz CT molecular complexity index is 1690. The first kappa shape index (κ1) is 23.1. The van der Waals surface area contributed by atoms with Gasteiger partial charge in [-0.3, -0.25) is 0 Å². The van der Waals surface area contributed by atoms with Gasteiger partial charge < -0.3 is 0 Å². The van der Waals surface area contributed by atoms with E-state index in [0.29, 0.717) is 0 Å². The average Bonchev–Trinajstić information content (AvgIpc) is 3.00. The lowest BCUT2D eigenvalue weighted by Gasteiger charge is -2.18. The highest BCUT2D eigenvalue weighted by molar-refractivity contribution is 6.10. The molecule has 0 aliphatic carbocycles. The predicted molar refractivity (Wildman–Crippen MR) is 160 cm³/mol. The van der Waals surface area contributed by atoms with E-state index in [1.807, 2.05) is 60.7 Å². The van der Waals surface area contributed by atoms with E-state index in [2.05, 4.69) is 109 Å². The molecule has 0 aliphatic heterocycles. The fourth-order valence-electron chi connectivity index (χ4n) is 4.81. The Labute approximate surface area is 224 Å². The Balaban J connectivity index is 1.77. The summed E-state index contributed by atoms with van der Waals surface area (Å²) in [5.41, 5.74) is 8.32. The van der Waals surface area contributed by atoms with Gasteiger partial charge in [0.2, 0.25) is 0 Å². The molecular weight excluding hydrogens is 456 g/mol. The van der Waals surface area contributed by atoms with Gasteiger partial charge in [0.1, 0.15) is 0 Å². The molecule has 6 aromatic rings. The minimum Gasteiger partial charge on any atom is -0.0622 e. The molecule has 0 amide bonds. The summed E-state index contributed by atoms with van der Waals surface area (Å²) in [5.74, 6) is 14.0. The molecule has 0 bridgehead atoms. The van der Waals surface area contributed by atoms with E-state index in [9.17, 15) is 0 Å². The number of hydrogen-bond donors (Lipinski definition) is 0. The first-order valence-electron chi connectivity index (χ1n) is 12.7. The zero-order valence-corrected chi connectivity index (χ0v) is 20.9. The summed E-state index contributed by atoms with van der Waals surface area (Å²) in [6, 6.07) is 50.0. The molecule has 0 N–H and O–H groups in total. The van der Waals surface area contributed by atoms with Gasteiger partial charge in [-0.25, -0.2) is 0 Å². The zero-order valence-electron chi connectivity index (χ0n) is 20.9. The lowest BCUT2D eigenvalue weighted by molar-refractivity contribution is 1.56. The zero-order chi connectivity index (χ0) is 25.6. The molecule has 0 saturated heterocycles. The molecule has 0 spiro atoms. The molecule has 0 aromatic heterocycles. The number of fused-ring (bicyclic) bond motifs is 1. The maximum atomic E-state index is 3.58. The largest absolute Gasteiger partial charge is 0.0622 e. The highest BCUT2D eigenvalue weighted by Gasteiger charge is 2.19. The van der Waals surface area contributed by atoms with Crippen LogP contribution in [0.1, 0.15) is 22.3 Å². The quantitative estimate of drug-likeness (QED) is 0.217. The Kier molecular flexibility index (Phi) is 6.55. The standard InChI is InChI=1S/C38H24/c1-5-15-29(16-6-1)25-27-35-36(28-26-30-17-7-2-8-18-30)38(32-21-11-4-12-22-32)34-24-14-13-23-33(34)37(35)31-19-9-3-10-20-31/h1-24H. The molecule has 0 radical (unpaired) electrons. The lowest BCUT2D eigenvalue weighted by Crippen LogP contribution is -1.98. The molecule has 0 nitrogen and oxygen atoms in total. The van der Waals surface area contributed by atoms with Crippen LogP contribution in [0.4, 0.5) is 0 Å². The fourth-order valence-corrected chi connectivity index (χ4v) is 4.81. The highest BCUT2D eigenvalue weighted by atomic mass is 14.2. The van der Waals surface area contributed by atoms with E-state index >= 15 is 0 Å². The number of hydrogen-bond acceptors (Lipinski definition) is 0. The van der Waals surface area contributed by atoms with Gasteiger partial charge in [-0.2, -0.15) is 0 Å². The van der Waals surface area contributed by atoms with Crippen LogP contribution in [0.2, 0.25) is 0 Å². The third-order valence-corrected chi connectivity index (χ3v) is 6.55. The van der Waals surface area contributed by atoms with Crippen LogP contribution in [0, 0.1) is 23.7 Å². The van der Waals surface area contributed by atoms with Crippen LogP contribution < -0.4 is 0 Å². The van der Waals surface area contributed by atoms with Crippen molar-refractivity contribution in [1.82, 2.24) is 0 Å². The number of rotatable bonds is 2. The molecule has 0 heteroatoms. The van der Waals surface area contributed by atoms with E-state index in [-0.39, 0.29) is 0 Å². The molecule has 6 aromatic carbocycles. The van der Waals surface area contributed by atoms with Crippen molar-refractivity contribution in [2.45, 2.75) is 0 Å². The van der Waals surface area contributed by atoms with Gasteiger partial charge in [-0.1, -0.05) is 145 Å². The summed E-state index contributed by atoms with van der Waals surface area (Å²) in [7, 11) is 0. The van der Waals surface area contributed by atoms with Crippen LogP contribution in [0.15, 0.2) is 146 Å². The molecule has 0 atom stereocenters. The van der Waals surface area contributed by atoms with Crippen molar-refractivity contribution in [3.05, 3.63) is 168 Å². The maximum Gasteiger partial charge on any atom is 0.0496 e. The van der Waals surface area contributed by atoms with Gasteiger partial charge in [-0.05, 0) is 46.2 Å². The molecule has 0 aliphatic rings. The van der Waals surface area contributed by atoms with Crippen LogP contribution in [0.3, 0.4) is 0 Å². The summed E-state index contributed by atoms with van der Waals surface area (Å²) >= 11 is 0. The summed E-state index contributed by atoms with van der Waals surface area (Å²) in [4.78, 5) is 0. The van der Waals surface area contributed by atoms with Crippen LogP contribution in [0.25, 0.3) is 33.0 Å². The van der Waals surface area contributed by atoms with Gasteiger partial charge in [0.25, 0.3) is 0 Å². The summed E-state index contributed by atoms with van der Waals surface area (Å²) < 4.78 is 0. The maximum absolute atomic E-state index is 3.58. The van der Waals surface area contributed by atoms with Gasteiger partial charge in [0.15, 0.2) is 0 Å². The number of benzene rings is 6. The first-order valence-corrected chi connectivity index (χ1v) is 12.7. The van der Waals surface area contributed by atoms with Crippen molar-refractivity contribution >= 4 is 10.8 Å². The van der Waals surface area contributed by atoms with Gasteiger partial charge in [-0.15, -0.1) is 0 Å². The Hall–Kier alpha value is -5.30. The molecule has 6 rings (SSSR count). The fraction of sp³-hybridized carbons (Fsp3) is 0. The average molecular weight is 481 g/mol. The third-order valence-electron chi connectivity index (χ3n) is 6.55. The second kappa shape index (κ2) is 10.8. The van der Waals surface area contributed by atoms with Crippen LogP contribution in [-0.4, -0.2) is 0 Å². The predicted octanol–water partition coefficient (Wildman–Crippen LogP) is 8.97.